The molecule has 6 rings (SSSR count). The molecule has 0 bridgehead atoms. The topological polar surface area (TPSA) is 90.8 Å². The van der Waals surface area contributed by atoms with Crippen LogP contribution in [0.3, 0.4) is 0 Å². The van der Waals surface area contributed by atoms with E-state index in [1.165, 1.54) is 18.9 Å². The standard InChI is InChI=1S/C31H38FN5O3/c1-2-23-24(32)11-10-20-17-22(38)18-26(27(20)23)37-19-25-28(30(37)39)29(36-14-7-3-4-8-15-36)35-31(34-25)40-16-12-21-9-5-6-13-33-21/h10-11,17-18,21,33,38H,2-9,12-16,19H2,1H3/t21-/m1/s1. The Balaban J connectivity index is 1.37. The van der Waals surface area contributed by atoms with Crippen molar-refractivity contribution < 1.29 is 19.0 Å². The van der Waals surface area contributed by atoms with Crippen molar-refractivity contribution in [1.82, 2.24) is 15.3 Å². The number of nitrogens with zero attached hydrogens (tertiary/aromatic N) is 4. The number of carbonyl (C=O) groups excluding carboxylic acids is 1. The van der Waals surface area contributed by atoms with Crippen molar-refractivity contribution in [3.8, 4) is 11.8 Å². The van der Waals surface area contributed by atoms with Crippen LogP contribution in [0.2, 0.25) is 0 Å². The van der Waals surface area contributed by atoms with Crippen LogP contribution in [0.15, 0.2) is 24.3 Å². The van der Waals surface area contributed by atoms with Gasteiger partial charge >= 0.3 is 6.01 Å². The van der Waals surface area contributed by atoms with Gasteiger partial charge in [0.05, 0.1) is 24.5 Å². The number of hydrogen-bond donors (Lipinski definition) is 2. The zero-order valence-electron chi connectivity index (χ0n) is 23.2. The monoisotopic (exact) mass is 547 g/mol. The molecule has 9 heteroatoms. The summed E-state index contributed by atoms with van der Waals surface area (Å²) >= 11 is 0. The molecular weight excluding hydrogens is 509 g/mol. The van der Waals surface area contributed by atoms with Gasteiger partial charge in [-0.2, -0.15) is 9.97 Å². The number of amides is 1. The predicted octanol–water partition coefficient (Wildman–Crippen LogP) is 5.49. The van der Waals surface area contributed by atoms with Gasteiger partial charge in [-0.1, -0.05) is 32.3 Å². The first-order valence-corrected chi connectivity index (χ1v) is 14.8. The van der Waals surface area contributed by atoms with Gasteiger partial charge in [0.2, 0.25) is 0 Å². The lowest BCUT2D eigenvalue weighted by Crippen LogP contribution is -2.35. The third kappa shape index (κ3) is 5.19. The van der Waals surface area contributed by atoms with Crippen LogP contribution in [0.5, 0.6) is 11.8 Å². The molecule has 0 unspecified atom stereocenters. The van der Waals surface area contributed by atoms with Gasteiger partial charge in [-0.05, 0) is 68.2 Å². The molecule has 0 saturated carbocycles. The van der Waals surface area contributed by atoms with Crippen molar-refractivity contribution in [1.29, 1.82) is 0 Å². The fraction of sp³-hybridized carbons (Fsp3) is 0.516. The van der Waals surface area contributed by atoms with Crippen LogP contribution in [0.4, 0.5) is 15.9 Å². The third-order valence-corrected chi connectivity index (χ3v) is 8.50. The molecule has 2 aromatic carbocycles. The Morgan fingerprint density at radius 1 is 1.10 bits per heavy atom. The molecule has 8 nitrogen and oxygen atoms in total. The van der Waals surface area contributed by atoms with Crippen molar-refractivity contribution in [2.24, 2.45) is 0 Å². The minimum atomic E-state index is -0.320. The predicted molar refractivity (Wildman–Crippen MR) is 154 cm³/mol. The van der Waals surface area contributed by atoms with Gasteiger partial charge in [-0.3, -0.25) is 4.79 Å². The first kappa shape index (κ1) is 26.7. The molecule has 1 aromatic heterocycles. The lowest BCUT2D eigenvalue weighted by atomic mass is 9.99. The highest BCUT2D eigenvalue weighted by molar-refractivity contribution is 6.16. The van der Waals surface area contributed by atoms with E-state index in [-0.39, 0.29) is 24.0 Å². The van der Waals surface area contributed by atoms with E-state index in [4.69, 9.17) is 14.7 Å². The van der Waals surface area contributed by atoms with Crippen molar-refractivity contribution in [3.05, 3.63) is 46.9 Å². The number of aromatic nitrogens is 2. The molecule has 3 aliphatic heterocycles. The van der Waals surface area contributed by atoms with Gasteiger partial charge < -0.3 is 25.0 Å². The number of aryl methyl sites for hydroxylation is 1. The number of anilines is 2. The number of phenolic OH excluding ortho intramolecular Hbond substituents is 1. The highest BCUT2D eigenvalue weighted by Crippen LogP contribution is 2.41. The summed E-state index contributed by atoms with van der Waals surface area (Å²) in [6, 6.07) is 6.97. The Hall–Kier alpha value is -3.46. The second kappa shape index (κ2) is 11.6. The van der Waals surface area contributed by atoms with E-state index < -0.39 is 0 Å². The van der Waals surface area contributed by atoms with Crippen molar-refractivity contribution >= 4 is 28.2 Å². The van der Waals surface area contributed by atoms with E-state index in [9.17, 15) is 14.3 Å². The van der Waals surface area contributed by atoms with Crippen LogP contribution < -0.4 is 19.9 Å². The molecule has 212 valence electrons. The maximum absolute atomic E-state index is 14.9. The van der Waals surface area contributed by atoms with Crippen LogP contribution in [0, 0.1) is 5.82 Å². The summed E-state index contributed by atoms with van der Waals surface area (Å²) in [6.07, 6.45) is 9.33. The van der Waals surface area contributed by atoms with E-state index in [1.807, 2.05) is 6.92 Å². The van der Waals surface area contributed by atoms with Gasteiger partial charge in [0.25, 0.3) is 5.91 Å². The molecule has 3 aromatic rings. The highest BCUT2D eigenvalue weighted by atomic mass is 19.1. The van der Waals surface area contributed by atoms with Crippen molar-refractivity contribution in [2.75, 3.05) is 36.0 Å². The van der Waals surface area contributed by atoms with E-state index in [0.717, 1.165) is 58.2 Å². The molecule has 4 heterocycles. The van der Waals surface area contributed by atoms with Crippen LogP contribution in [-0.2, 0) is 13.0 Å². The fourth-order valence-corrected chi connectivity index (χ4v) is 6.43. The zero-order valence-corrected chi connectivity index (χ0v) is 23.2. The molecule has 3 aliphatic rings. The summed E-state index contributed by atoms with van der Waals surface area (Å²) in [7, 11) is 0. The molecule has 40 heavy (non-hydrogen) atoms. The summed E-state index contributed by atoms with van der Waals surface area (Å²) in [5.41, 5.74) is 2.10. The Morgan fingerprint density at radius 3 is 2.67 bits per heavy atom. The van der Waals surface area contributed by atoms with Crippen LogP contribution in [0.1, 0.15) is 79.9 Å². The minimum Gasteiger partial charge on any atom is -0.508 e. The summed E-state index contributed by atoms with van der Waals surface area (Å²) in [5.74, 6) is 0.0975. The quantitative estimate of drug-likeness (QED) is 0.404. The maximum Gasteiger partial charge on any atom is 0.318 e. The molecule has 1 amide bonds. The molecule has 2 N–H and O–H groups in total. The average Bonchev–Trinajstić information content (AvgIpc) is 3.11. The third-order valence-electron chi connectivity index (χ3n) is 8.50. The van der Waals surface area contributed by atoms with Gasteiger partial charge in [-0.15, -0.1) is 0 Å². The van der Waals surface area contributed by atoms with Crippen LogP contribution in [-0.4, -0.2) is 53.3 Å². The zero-order chi connectivity index (χ0) is 27.6. The van der Waals surface area contributed by atoms with E-state index in [0.29, 0.717) is 64.2 Å². The Morgan fingerprint density at radius 2 is 1.93 bits per heavy atom. The first-order chi connectivity index (χ1) is 19.5. The van der Waals surface area contributed by atoms with Gasteiger partial charge in [-0.25, -0.2) is 4.39 Å². The second-order valence-electron chi connectivity index (χ2n) is 11.2. The summed E-state index contributed by atoms with van der Waals surface area (Å²) in [6.45, 7) is 5.29. The van der Waals surface area contributed by atoms with Gasteiger partial charge in [0.1, 0.15) is 22.9 Å². The van der Waals surface area contributed by atoms with E-state index >= 15 is 0 Å². The summed E-state index contributed by atoms with van der Waals surface area (Å²) in [5, 5.41) is 15.4. The second-order valence-corrected chi connectivity index (χ2v) is 11.2. The fourth-order valence-electron chi connectivity index (χ4n) is 6.43. The normalized spacial score (nSPS) is 19.6. The minimum absolute atomic E-state index is 0.0269. The Kier molecular flexibility index (Phi) is 7.74. The summed E-state index contributed by atoms with van der Waals surface area (Å²) < 4.78 is 21.0. The number of piperidine rings is 1. The number of ether oxygens (including phenoxy) is 1. The molecule has 2 saturated heterocycles. The number of hydrogen-bond acceptors (Lipinski definition) is 7. The molecule has 0 spiro atoms. The molecular formula is C31H38FN5O3. The lowest BCUT2D eigenvalue weighted by Gasteiger charge is -2.25. The first-order valence-electron chi connectivity index (χ1n) is 14.8. The maximum atomic E-state index is 14.9. The number of nitrogens with one attached hydrogen (secondary N) is 1. The number of halogens is 1. The largest absolute Gasteiger partial charge is 0.508 e. The number of aromatic hydroxyl groups is 1. The highest BCUT2D eigenvalue weighted by Gasteiger charge is 2.37. The molecule has 1 atom stereocenters. The Labute approximate surface area is 234 Å². The van der Waals surface area contributed by atoms with Crippen LogP contribution in [0.25, 0.3) is 10.8 Å². The number of carbonyl (C=O) groups is 1. The summed E-state index contributed by atoms with van der Waals surface area (Å²) in [4.78, 5) is 27.5. The van der Waals surface area contributed by atoms with Crippen LogP contribution >= 0.6 is 0 Å². The number of rotatable bonds is 7. The number of benzene rings is 2. The smallest absolute Gasteiger partial charge is 0.318 e. The van der Waals surface area contributed by atoms with Gasteiger partial charge in [0.15, 0.2) is 0 Å². The SMILES string of the molecule is CCc1c(F)ccc2cc(O)cc(N3Cc4nc(OCC[C@H]5CCCCN5)nc(N5CCCCCC5)c4C3=O)c12. The van der Waals surface area contributed by atoms with E-state index in [2.05, 4.69) is 10.2 Å². The van der Waals surface area contributed by atoms with Crippen molar-refractivity contribution in [3.63, 3.8) is 0 Å². The average molecular weight is 548 g/mol. The number of fused-ring (bicyclic) bond motifs is 2. The Bertz CT molecular complexity index is 1400. The van der Waals surface area contributed by atoms with Gasteiger partial charge in [0, 0.05) is 30.6 Å². The number of phenols is 1. The van der Waals surface area contributed by atoms with E-state index in [1.54, 1.807) is 23.1 Å². The lowest BCUT2D eigenvalue weighted by molar-refractivity contribution is 0.0997. The van der Waals surface area contributed by atoms with Crippen molar-refractivity contribution in [2.45, 2.75) is 77.3 Å². The molecule has 0 radical (unpaired) electrons. The molecule has 2 fully saturated rings. The molecule has 0 aliphatic carbocycles.